The molecule has 1 aromatic heterocycles. The molecule has 102 valence electrons. The van der Waals surface area contributed by atoms with Gasteiger partial charge in [0.15, 0.2) is 5.75 Å². The quantitative estimate of drug-likeness (QED) is 0.530. The van der Waals surface area contributed by atoms with Crippen molar-refractivity contribution in [2.75, 3.05) is 6.61 Å². The van der Waals surface area contributed by atoms with Crippen molar-refractivity contribution in [3.05, 3.63) is 47.3 Å². The van der Waals surface area contributed by atoms with Crippen molar-refractivity contribution in [1.82, 2.24) is 9.97 Å². The number of ether oxygens (including phenoxy) is 1. The van der Waals surface area contributed by atoms with Crippen LogP contribution in [0, 0.1) is 29.1 Å². The van der Waals surface area contributed by atoms with Gasteiger partial charge in [-0.25, -0.2) is 18.2 Å². The number of nitrogens with zero attached hydrogens (tertiary/aromatic N) is 1. The Morgan fingerprint density at radius 1 is 0.947 bits per heavy atom. The fourth-order valence-electron chi connectivity index (χ4n) is 1.40. The molecule has 2 rings (SSSR count). The summed E-state index contributed by atoms with van der Waals surface area (Å²) in [5, 5.41) is 0. The number of hydrogen-bond donors (Lipinski definition) is 1. The van der Waals surface area contributed by atoms with Gasteiger partial charge in [-0.1, -0.05) is 0 Å². The average Bonchev–Trinajstić information content (AvgIpc) is 2.91. The number of rotatable bonds is 4. The lowest BCUT2D eigenvalue weighted by molar-refractivity contribution is 0.264. The number of aromatic nitrogens is 2. The highest BCUT2D eigenvalue weighted by molar-refractivity contribution is 5.29. The Kier molecular flexibility index (Phi) is 3.68. The van der Waals surface area contributed by atoms with Gasteiger partial charge < -0.3 is 9.72 Å². The lowest BCUT2D eigenvalue weighted by Gasteiger charge is -2.09. The second-order valence-corrected chi connectivity index (χ2v) is 3.57. The van der Waals surface area contributed by atoms with Gasteiger partial charge in [0, 0.05) is 18.3 Å². The van der Waals surface area contributed by atoms with Crippen molar-refractivity contribution < 1.29 is 26.7 Å². The molecule has 3 nitrogen and oxygen atoms in total. The summed E-state index contributed by atoms with van der Waals surface area (Å²) in [7, 11) is 0. The minimum Gasteiger partial charge on any atom is -0.487 e. The van der Waals surface area contributed by atoms with Crippen LogP contribution in [0.15, 0.2) is 12.5 Å². The Morgan fingerprint density at radius 2 is 1.53 bits per heavy atom. The van der Waals surface area contributed by atoms with Crippen LogP contribution in [0.3, 0.4) is 0 Å². The van der Waals surface area contributed by atoms with Crippen molar-refractivity contribution >= 4 is 0 Å². The highest BCUT2D eigenvalue weighted by Gasteiger charge is 2.26. The number of nitrogens with one attached hydrogen (secondary N) is 1. The van der Waals surface area contributed by atoms with E-state index in [9.17, 15) is 22.0 Å². The van der Waals surface area contributed by atoms with Crippen molar-refractivity contribution in [1.29, 1.82) is 0 Å². The van der Waals surface area contributed by atoms with E-state index >= 15 is 0 Å². The molecule has 1 aromatic carbocycles. The van der Waals surface area contributed by atoms with Crippen LogP contribution in [0.25, 0.3) is 0 Å². The van der Waals surface area contributed by atoms with E-state index in [2.05, 4.69) is 14.7 Å². The van der Waals surface area contributed by atoms with Gasteiger partial charge in [-0.3, -0.25) is 0 Å². The maximum Gasteiger partial charge on any atom is 0.206 e. The SMILES string of the molecule is Fc1c(F)c(F)c(OCCc2cnc[nH]2)c(F)c1F. The predicted molar refractivity (Wildman–Crippen MR) is 54.0 cm³/mol. The molecule has 0 spiro atoms. The minimum absolute atomic E-state index is 0.180. The molecule has 1 N–H and O–H groups in total. The summed E-state index contributed by atoms with van der Waals surface area (Å²) < 4.78 is 69.5. The summed E-state index contributed by atoms with van der Waals surface area (Å²) in [5.74, 6) is -11.5. The number of H-pyrrole nitrogens is 1. The number of aromatic amines is 1. The van der Waals surface area contributed by atoms with E-state index in [1.54, 1.807) is 0 Å². The number of hydrogen-bond acceptors (Lipinski definition) is 2. The van der Waals surface area contributed by atoms with Crippen LogP contribution in [0.2, 0.25) is 0 Å². The summed E-state index contributed by atoms with van der Waals surface area (Å²) in [6.45, 7) is -0.263. The molecule has 0 aliphatic rings. The Labute approximate surface area is 104 Å². The standard InChI is InChI=1S/C11H7F5N2O/c12-6-7(13)9(15)11(10(16)8(6)14)19-2-1-5-3-17-4-18-5/h3-4H,1-2H2,(H,17,18). The molecular weight excluding hydrogens is 271 g/mol. The first-order valence-corrected chi connectivity index (χ1v) is 5.14. The van der Waals surface area contributed by atoms with Gasteiger partial charge in [0.05, 0.1) is 12.9 Å². The third-order valence-electron chi connectivity index (χ3n) is 2.34. The second-order valence-electron chi connectivity index (χ2n) is 3.57. The van der Waals surface area contributed by atoms with Crippen molar-refractivity contribution in [2.45, 2.75) is 6.42 Å². The van der Waals surface area contributed by atoms with E-state index < -0.39 is 34.8 Å². The molecule has 1 heterocycles. The van der Waals surface area contributed by atoms with E-state index in [1.165, 1.54) is 12.5 Å². The predicted octanol–water partition coefficient (Wildman–Crippen LogP) is 2.73. The molecule has 0 aliphatic carbocycles. The van der Waals surface area contributed by atoms with Crippen LogP contribution in [0.4, 0.5) is 22.0 Å². The van der Waals surface area contributed by atoms with E-state index in [1.807, 2.05) is 0 Å². The second kappa shape index (κ2) is 5.25. The minimum atomic E-state index is -2.21. The molecule has 0 unspecified atom stereocenters. The molecule has 0 bridgehead atoms. The van der Waals surface area contributed by atoms with Gasteiger partial charge in [0.1, 0.15) is 0 Å². The first kappa shape index (κ1) is 13.3. The van der Waals surface area contributed by atoms with Crippen LogP contribution < -0.4 is 4.74 Å². The Balaban J connectivity index is 2.16. The van der Waals surface area contributed by atoms with Crippen molar-refractivity contribution in [3.8, 4) is 5.75 Å². The molecule has 2 aromatic rings. The first-order valence-electron chi connectivity index (χ1n) is 5.14. The summed E-state index contributed by atoms with van der Waals surface area (Å²) in [5.41, 5.74) is 0.601. The van der Waals surface area contributed by atoms with E-state index in [0.717, 1.165) is 0 Å². The molecule has 19 heavy (non-hydrogen) atoms. The highest BCUT2D eigenvalue weighted by Crippen LogP contribution is 2.29. The molecular formula is C11H7F5N2O. The average molecular weight is 278 g/mol. The zero-order valence-corrected chi connectivity index (χ0v) is 9.31. The fourth-order valence-corrected chi connectivity index (χ4v) is 1.40. The highest BCUT2D eigenvalue weighted by atomic mass is 19.2. The van der Waals surface area contributed by atoms with Gasteiger partial charge in [-0.05, 0) is 0 Å². The molecule has 8 heteroatoms. The molecule has 0 amide bonds. The van der Waals surface area contributed by atoms with Crippen LogP contribution in [-0.4, -0.2) is 16.6 Å². The lowest BCUT2D eigenvalue weighted by atomic mass is 10.2. The first-order chi connectivity index (χ1) is 9.02. The summed E-state index contributed by atoms with van der Waals surface area (Å²) in [4.78, 5) is 6.39. The summed E-state index contributed by atoms with van der Waals surface area (Å²) in [6.07, 6.45) is 3.01. The maximum absolute atomic E-state index is 13.2. The smallest absolute Gasteiger partial charge is 0.206 e. The van der Waals surface area contributed by atoms with Gasteiger partial charge in [0.2, 0.25) is 29.1 Å². The molecule has 0 atom stereocenters. The van der Waals surface area contributed by atoms with Crippen LogP contribution in [0.1, 0.15) is 5.69 Å². The van der Waals surface area contributed by atoms with Crippen molar-refractivity contribution in [3.63, 3.8) is 0 Å². The monoisotopic (exact) mass is 278 g/mol. The topological polar surface area (TPSA) is 37.9 Å². The fraction of sp³-hybridized carbons (Fsp3) is 0.182. The van der Waals surface area contributed by atoms with Crippen LogP contribution in [0.5, 0.6) is 5.75 Å². The van der Waals surface area contributed by atoms with Gasteiger partial charge in [0.25, 0.3) is 0 Å². The Bertz CT molecular complexity index is 556. The lowest BCUT2D eigenvalue weighted by Crippen LogP contribution is -2.09. The van der Waals surface area contributed by atoms with Crippen LogP contribution in [-0.2, 0) is 6.42 Å². The molecule has 0 radical (unpaired) electrons. The Morgan fingerprint density at radius 3 is 2.05 bits per heavy atom. The van der Waals surface area contributed by atoms with Crippen molar-refractivity contribution in [2.24, 2.45) is 0 Å². The zero-order valence-electron chi connectivity index (χ0n) is 9.31. The summed E-state index contributed by atoms with van der Waals surface area (Å²) in [6, 6.07) is 0. The van der Waals surface area contributed by atoms with E-state index in [4.69, 9.17) is 0 Å². The maximum atomic E-state index is 13.2. The number of imidazole rings is 1. The Hall–Kier alpha value is -2.12. The molecule has 0 fully saturated rings. The molecule has 0 saturated carbocycles. The van der Waals surface area contributed by atoms with Gasteiger partial charge in [-0.15, -0.1) is 0 Å². The van der Waals surface area contributed by atoms with Gasteiger partial charge >= 0.3 is 0 Å². The molecule has 0 saturated heterocycles. The van der Waals surface area contributed by atoms with E-state index in [0.29, 0.717) is 5.69 Å². The third kappa shape index (κ3) is 2.51. The zero-order chi connectivity index (χ0) is 14.0. The van der Waals surface area contributed by atoms with Gasteiger partial charge in [-0.2, -0.15) is 8.78 Å². The largest absolute Gasteiger partial charge is 0.487 e. The molecule has 0 aliphatic heterocycles. The third-order valence-corrected chi connectivity index (χ3v) is 2.34. The number of halogens is 5. The van der Waals surface area contributed by atoms with E-state index in [-0.39, 0.29) is 13.0 Å². The summed E-state index contributed by atoms with van der Waals surface area (Å²) >= 11 is 0. The van der Waals surface area contributed by atoms with Crippen LogP contribution >= 0.6 is 0 Å². The normalized spacial score (nSPS) is 10.8. The number of benzene rings is 1.